The number of piperidine rings is 1. The number of aromatic nitrogens is 3. The predicted octanol–water partition coefficient (Wildman–Crippen LogP) is 0.591. The molecular weight excluding hydrogens is 334 g/mol. The van der Waals surface area contributed by atoms with Crippen LogP contribution in [0.15, 0.2) is 12.7 Å². The molecule has 1 aromatic rings. The Balaban J connectivity index is 1.25. The second-order valence-electron chi connectivity index (χ2n) is 7.69. The topological polar surface area (TPSA) is 89.4 Å². The molecule has 1 aromatic heterocycles. The Bertz CT molecular complexity index is 615. The minimum Gasteiger partial charge on any atom is -0.368 e. The van der Waals surface area contributed by atoms with Crippen molar-refractivity contribution in [2.75, 3.05) is 19.7 Å². The summed E-state index contributed by atoms with van der Waals surface area (Å²) in [5.74, 6) is 1.000. The molecule has 3 fully saturated rings. The second-order valence-corrected chi connectivity index (χ2v) is 7.69. The van der Waals surface area contributed by atoms with E-state index in [4.69, 9.17) is 4.74 Å². The predicted molar refractivity (Wildman–Crippen MR) is 93.0 cm³/mol. The van der Waals surface area contributed by atoms with Gasteiger partial charge in [0.1, 0.15) is 18.8 Å². The molecule has 3 atom stereocenters. The number of ether oxygens (including phenoxy) is 1. The van der Waals surface area contributed by atoms with Gasteiger partial charge < -0.3 is 15.0 Å². The van der Waals surface area contributed by atoms with Crippen molar-refractivity contribution in [1.82, 2.24) is 25.0 Å². The highest BCUT2D eigenvalue weighted by Gasteiger charge is 2.44. The van der Waals surface area contributed by atoms with Gasteiger partial charge in [0.05, 0.1) is 0 Å². The number of carbonyl (C=O) groups is 2. The molecule has 142 valence electrons. The van der Waals surface area contributed by atoms with Crippen LogP contribution in [0.3, 0.4) is 0 Å². The summed E-state index contributed by atoms with van der Waals surface area (Å²) in [7, 11) is 0. The quantitative estimate of drug-likeness (QED) is 0.801. The zero-order valence-corrected chi connectivity index (χ0v) is 15.0. The summed E-state index contributed by atoms with van der Waals surface area (Å²) in [6, 6.07) is 0.200. The fraction of sp³-hybridized carbons (Fsp3) is 0.778. The van der Waals surface area contributed by atoms with Gasteiger partial charge >= 0.3 is 0 Å². The second kappa shape index (κ2) is 7.73. The van der Waals surface area contributed by atoms with E-state index in [1.807, 2.05) is 4.90 Å². The molecule has 1 saturated carbocycles. The highest BCUT2D eigenvalue weighted by Crippen LogP contribution is 2.37. The first kappa shape index (κ1) is 17.5. The third-order valence-electron chi connectivity index (χ3n) is 5.96. The Hall–Kier alpha value is -1.96. The monoisotopic (exact) mass is 361 g/mol. The molecule has 3 unspecified atom stereocenters. The van der Waals surface area contributed by atoms with Crippen LogP contribution in [0.25, 0.3) is 0 Å². The highest BCUT2D eigenvalue weighted by atomic mass is 16.5. The molecule has 8 heteroatoms. The number of nitrogens with one attached hydrogen (secondary N) is 1. The first-order chi connectivity index (χ1) is 12.7. The number of amides is 2. The molecule has 2 amide bonds. The lowest BCUT2D eigenvalue weighted by Gasteiger charge is -2.38. The van der Waals surface area contributed by atoms with E-state index in [2.05, 4.69) is 15.4 Å². The van der Waals surface area contributed by atoms with E-state index >= 15 is 0 Å². The van der Waals surface area contributed by atoms with Crippen molar-refractivity contribution in [3.63, 3.8) is 0 Å². The standard InChI is InChI=1S/C18H27N5O3/c24-16(4-1-7-23-12-19-11-20-23)22-9-13-5-6-14(10-22)17(13)21-18(25)15-3-2-8-26-15/h11-15,17H,1-10H2,(H,21,25). The minimum atomic E-state index is -0.272. The van der Waals surface area contributed by atoms with E-state index in [0.29, 0.717) is 31.4 Å². The van der Waals surface area contributed by atoms with Crippen LogP contribution in [0.5, 0.6) is 0 Å². The number of fused-ring (bicyclic) bond motifs is 2. The van der Waals surface area contributed by atoms with Crippen LogP contribution in [-0.2, 0) is 20.9 Å². The average Bonchev–Trinajstić information content (AvgIpc) is 3.37. The van der Waals surface area contributed by atoms with Gasteiger partial charge in [0, 0.05) is 38.7 Å². The molecule has 3 aliphatic rings. The van der Waals surface area contributed by atoms with Gasteiger partial charge in [0.2, 0.25) is 11.8 Å². The summed E-state index contributed by atoms with van der Waals surface area (Å²) < 4.78 is 7.25. The number of carbonyl (C=O) groups excluding carboxylic acids is 2. The zero-order valence-electron chi connectivity index (χ0n) is 15.0. The maximum absolute atomic E-state index is 12.6. The summed E-state index contributed by atoms with van der Waals surface area (Å²) in [6.45, 7) is 2.92. The van der Waals surface area contributed by atoms with Gasteiger partial charge in [-0.15, -0.1) is 0 Å². The Morgan fingerprint density at radius 3 is 2.65 bits per heavy atom. The van der Waals surface area contributed by atoms with E-state index in [0.717, 1.165) is 45.2 Å². The van der Waals surface area contributed by atoms with Crippen LogP contribution in [-0.4, -0.2) is 63.3 Å². The van der Waals surface area contributed by atoms with Crippen LogP contribution in [0, 0.1) is 11.8 Å². The first-order valence-corrected chi connectivity index (χ1v) is 9.73. The van der Waals surface area contributed by atoms with Crippen molar-refractivity contribution < 1.29 is 14.3 Å². The lowest BCUT2D eigenvalue weighted by Crippen LogP contribution is -2.55. The third kappa shape index (κ3) is 3.75. The molecule has 2 aliphatic heterocycles. The van der Waals surface area contributed by atoms with E-state index in [9.17, 15) is 9.59 Å². The smallest absolute Gasteiger partial charge is 0.249 e. The van der Waals surface area contributed by atoms with Gasteiger partial charge in [-0.25, -0.2) is 4.98 Å². The van der Waals surface area contributed by atoms with E-state index in [1.54, 1.807) is 11.0 Å². The van der Waals surface area contributed by atoms with Gasteiger partial charge in [-0.05, 0) is 43.9 Å². The van der Waals surface area contributed by atoms with Gasteiger partial charge in [-0.1, -0.05) is 0 Å². The molecule has 0 spiro atoms. The number of aryl methyl sites for hydroxylation is 1. The van der Waals surface area contributed by atoms with Crippen LogP contribution in [0.1, 0.15) is 38.5 Å². The molecule has 1 N–H and O–H groups in total. The molecule has 2 saturated heterocycles. The van der Waals surface area contributed by atoms with E-state index in [-0.39, 0.29) is 24.0 Å². The highest BCUT2D eigenvalue weighted by molar-refractivity contribution is 5.81. The molecule has 0 radical (unpaired) electrons. The third-order valence-corrected chi connectivity index (χ3v) is 5.96. The Kier molecular flexibility index (Phi) is 5.19. The molecule has 8 nitrogen and oxygen atoms in total. The zero-order chi connectivity index (χ0) is 17.9. The van der Waals surface area contributed by atoms with Crippen LogP contribution in [0.4, 0.5) is 0 Å². The normalized spacial score (nSPS) is 30.5. The van der Waals surface area contributed by atoms with Gasteiger partial charge in [0.15, 0.2) is 0 Å². The summed E-state index contributed by atoms with van der Waals surface area (Å²) in [4.78, 5) is 30.8. The lowest BCUT2D eigenvalue weighted by atomic mass is 9.91. The largest absolute Gasteiger partial charge is 0.368 e. The maximum atomic E-state index is 12.6. The summed E-state index contributed by atoms with van der Waals surface area (Å²) >= 11 is 0. The van der Waals surface area contributed by atoms with Crippen molar-refractivity contribution in [2.24, 2.45) is 11.8 Å². The summed E-state index contributed by atoms with van der Waals surface area (Å²) in [5, 5.41) is 7.28. The molecule has 2 bridgehead atoms. The van der Waals surface area contributed by atoms with Crippen molar-refractivity contribution in [2.45, 2.75) is 57.2 Å². The lowest BCUT2D eigenvalue weighted by molar-refractivity contribution is -0.135. The number of likely N-dealkylation sites (tertiary alicyclic amines) is 1. The number of hydrogen-bond acceptors (Lipinski definition) is 5. The number of nitrogens with zero attached hydrogens (tertiary/aromatic N) is 4. The van der Waals surface area contributed by atoms with Gasteiger partial charge in [0.25, 0.3) is 0 Å². The summed E-state index contributed by atoms with van der Waals surface area (Å²) in [6.07, 6.45) is 8.18. The SMILES string of the molecule is O=C(NC1C2CCC1CN(C(=O)CCCn1cncn1)C2)C1CCCO1. The van der Waals surface area contributed by atoms with Gasteiger partial charge in [-0.3, -0.25) is 14.3 Å². The fourth-order valence-electron chi connectivity index (χ4n) is 4.60. The van der Waals surface area contributed by atoms with Crippen molar-refractivity contribution in [3.8, 4) is 0 Å². The van der Waals surface area contributed by atoms with Gasteiger partial charge in [-0.2, -0.15) is 5.10 Å². The Labute approximate surface area is 153 Å². The molecule has 4 rings (SSSR count). The van der Waals surface area contributed by atoms with Crippen molar-refractivity contribution >= 4 is 11.8 Å². The molecule has 0 aromatic carbocycles. The van der Waals surface area contributed by atoms with Crippen molar-refractivity contribution in [1.29, 1.82) is 0 Å². The van der Waals surface area contributed by atoms with Crippen LogP contribution in [0.2, 0.25) is 0 Å². The van der Waals surface area contributed by atoms with Crippen LogP contribution < -0.4 is 5.32 Å². The number of hydrogen-bond donors (Lipinski definition) is 1. The molecule has 3 heterocycles. The number of rotatable bonds is 6. The first-order valence-electron chi connectivity index (χ1n) is 9.73. The maximum Gasteiger partial charge on any atom is 0.249 e. The Morgan fingerprint density at radius 1 is 1.19 bits per heavy atom. The molecule has 1 aliphatic carbocycles. The fourth-order valence-corrected chi connectivity index (χ4v) is 4.60. The Morgan fingerprint density at radius 2 is 2.00 bits per heavy atom. The van der Waals surface area contributed by atoms with Crippen molar-refractivity contribution in [3.05, 3.63) is 12.7 Å². The van der Waals surface area contributed by atoms with E-state index < -0.39 is 0 Å². The average molecular weight is 361 g/mol. The molecular formula is C18H27N5O3. The van der Waals surface area contributed by atoms with E-state index in [1.165, 1.54) is 6.33 Å². The molecule has 26 heavy (non-hydrogen) atoms. The summed E-state index contributed by atoms with van der Waals surface area (Å²) in [5.41, 5.74) is 0. The minimum absolute atomic E-state index is 0.0389. The van der Waals surface area contributed by atoms with Crippen LogP contribution >= 0.6 is 0 Å².